The number of rotatable bonds is 4. The molecule has 1 aromatic carbocycles. The van der Waals surface area contributed by atoms with E-state index >= 15 is 0 Å². The highest BCUT2D eigenvalue weighted by atomic mass is 79.9. The highest BCUT2D eigenvalue weighted by Crippen LogP contribution is 2.31. The van der Waals surface area contributed by atoms with Crippen molar-refractivity contribution in [1.29, 1.82) is 0 Å². The van der Waals surface area contributed by atoms with Gasteiger partial charge in [-0.2, -0.15) is 5.10 Å². The van der Waals surface area contributed by atoms with Crippen LogP contribution in [0.25, 0.3) is 0 Å². The number of methoxy groups -OCH3 is 1. The van der Waals surface area contributed by atoms with Gasteiger partial charge in [-0.3, -0.25) is 0 Å². The van der Waals surface area contributed by atoms with Crippen LogP contribution in [-0.4, -0.2) is 31.1 Å². The van der Waals surface area contributed by atoms with Gasteiger partial charge in [0.1, 0.15) is 0 Å². The Labute approximate surface area is 113 Å². The molecule has 2 N–H and O–H groups in total. The van der Waals surface area contributed by atoms with Gasteiger partial charge in [-0.05, 0) is 35.0 Å². The minimum absolute atomic E-state index is 0.0155. The Morgan fingerprint density at radius 2 is 2.33 bits per heavy atom. The van der Waals surface area contributed by atoms with E-state index in [4.69, 9.17) is 4.74 Å². The fraction of sp³-hybridized carbons (Fsp3) is 0.273. The first-order chi connectivity index (χ1) is 8.58. The first-order valence-corrected chi connectivity index (χ1v) is 5.90. The van der Waals surface area contributed by atoms with Crippen LogP contribution in [0.1, 0.15) is 12.5 Å². The number of amides is 1. The number of aromatic hydroxyl groups is 1. The van der Waals surface area contributed by atoms with Crippen molar-refractivity contribution < 1.29 is 19.4 Å². The predicted molar refractivity (Wildman–Crippen MR) is 70.1 cm³/mol. The minimum atomic E-state index is -0.636. The van der Waals surface area contributed by atoms with Gasteiger partial charge in [-0.1, -0.05) is 0 Å². The van der Waals surface area contributed by atoms with E-state index in [0.29, 0.717) is 15.8 Å². The van der Waals surface area contributed by atoms with Crippen molar-refractivity contribution in [2.45, 2.75) is 6.92 Å². The second-order valence-corrected chi connectivity index (χ2v) is 3.99. The van der Waals surface area contributed by atoms with E-state index in [-0.39, 0.29) is 12.4 Å². The second kappa shape index (κ2) is 6.85. The van der Waals surface area contributed by atoms with Gasteiger partial charge in [0.05, 0.1) is 19.9 Å². The fourth-order valence-electron chi connectivity index (χ4n) is 1.14. The molecule has 98 valence electrons. The second-order valence-electron chi connectivity index (χ2n) is 3.14. The quantitative estimate of drug-likeness (QED) is 0.659. The third kappa shape index (κ3) is 3.92. The molecule has 0 heterocycles. The van der Waals surface area contributed by atoms with Crippen LogP contribution >= 0.6 is 15.9 Å². The number of hydrogen-bond donors (Lipinski definition) is 2. The van der Waals surface area contributed by atoms with Gasteiger partial charge >= 0.3 is 6.09 Å². The zero-order valence-electron chi connectivity index (χ0n) is 9.94. The molecule has 18 heavy (non-hydrogen) atoms. The molecule has 0 aliphatic carbocycles. The molecule has 1 aromatic rings. The van der Waals surface area contributed by atoms with Crippen LogP contribution in [0, 0.1) is 0 Å². The number of nitrogens with one attached hydrogen (secondary N) is 1. The van der Waals surface area contributed by atoms with E-state index in [2.05, 4.69) is 31.2 Å². The molecule has 0 spiro atoms. The topological polar surface area (TPSA) is 80.2 Å². The zero-order chi connectivity index (χ0) is 13.5. The standard InChI is InChI=1S/C11H13BrN2O4/c1-3-18-11(16)14-13-6-7-4-9(15)10(17-2)5-8(7)12/h4-6,15H,3H2,1-2H3,(H,14,16)/b13-6-. The Kier molecular flexibility index (Phi) is 5.44. The normalized spacial score (nSPS) is 10.4. The fourth-order valence-corrected chi connectivity index (χ4v) is 1.56. The van der Waals surface area contributed by atoms with Crippen molar-refractivity contribution in [3.8, 4) is 11.5 Å². The number of nitrogens with zero attached hydrogens (tertiary/aromatic N) is 1. The molecular weight excluding hydrogens is 304 g/mol. The maximum Gasteiger partial charge on any atom is 0.427 e. The predicted octanol–water partition coefficient (Wildman–Crippen LogP) is 2.24. The molecular formula is C11H13BrN2O4. The lowest BCUT2D eigenvalue weighted by Gasteiger charge is -2.06. The largest absolute Gasteiger partial charge is 0.504 e. The Morgan fingerprint density at radius 3 is 2.94 bits per heavy atom. The molecule has 6 nitrogen and oxygen atoms in total. The molecule has 0 aliphatic heterocycles. The smallest absolute Gasteiger partial charge is 0.427 e. The summed E-state index contributed by atoms with van der Waals surface area (Å²) >= 11 is 3.29. The average molecular weight is 317 g/mol. The van der Waals surface area contributed by atoms with Gasteiger partial charge in [0.2, 0.25) is 0 Å². The molecule has 0 bridgehead atoms. The molecule has 7 heteroatoms. The SMILES string of the molecule is CCOC(=O)N/N=C\c1cc(O)c(OC)cc1Br. The number of halogens is 1. The first kappa shape index (κ1) is 14.3. The summed E-state index contributed by atoms with van der Waals surface area (Å²) in [5.41, 5.74) is 2.77. The van der Waals surface area contributed by atoms with E-state index in [1.165, 1.54) is 19.4 Å². The Hall–Kier alpha value is -1.76. The van der Waals surface area contributed by atoms with Gasteiger partial charge in [-0.15, -0.1) is 0 Å². The van der Waals surface area contributed by atoms with E-state index < -0.39 is 6.09 Å². The van der Waals surface area contributed by atoms with Crippen molar-refractivity contribution in [3.05, 3.63) is 22.2 Å². The van der Waals surface area contributed by atoms with Crippen molar-refractivity contribution in [2.24, 2.45) is 5.10 Å². The van der Waals surface area contributed by atoms with Crippen molar-refractivity contribution in [1.82, 2.24) is 5.43 Å². The van der Waals surface area contributed by atoms with Crippen LogP contribution in [0.5, 0.6) is 11.5 Å². The Bertz CT molecular complexity index is 463. The van der Waals surface area contributed by atoms with Crippen LogP contribution in [0.3, 0.4) is 0 Å². The van der Waals surface area contributed by atoms with Crippen LogP contribution < -0.4 is 10.2 Å². The summed E-state index contributed by atoms with van der Waals surface area (Å²) in [7, 11) is 1.46. The van der Waals surface area contributed by atoms with E-state index in [9.17, 15) is 9.90 Å². The molecule has 1 amide bonds. The van der Waals surface area contributed by atoms with Crippen molar-refractivity contribution >= 4 is 28.2 Å². The van der Waals surface area contributed by atoms with Crippen LogP contribution in [0.2, 0.25) is 0 Å². The van der Waals surface area contributed by atoms with Gasteiger partial charge in [0.25, 0.3) is 0 Å². The van der Waals surface area contributed by atoms with Crippen molar-refractivity contribution in [2.75, 3.05) is 13.7 Å². The molecule has 0 aromatic heterocycles. The highest BCUT2D eigenvalue weighted by molar-refractivity contribution is 9.10. The van der Waals surface area contributed by atoms with E-state index in [0.717, 1.165) is 0 Å². The third-order valence-corrected chi connectivity index (χ3v) is 2.62. The lowest BCUT2D eigenvalue weighted by Crippen LogP contribution is -2.18. The van der Waals surface area contributed by atoms with Crippen LogP contribution in [0.15, 0.2) is 21.7 Å². The number of phenolic OH excluding ortho intramolecular Hbond substituents is 1. The number of phenols is 1. The Morgan fingerprint density at radius 1 is 1.61 bits per heavy atom. The van der Waals surface area contributed by atoms with Gasteiger partial charge in [0.15, 0.2) is 11.5 Å². The number of hydrogen-bond acceptors (Lipinski definition) is 5. The number of carbonyl (C=O) groups is 1. The third-order valence-electron chi connectivity index (χ3n) is 1.93. The summed E-state index contributed by atoms with van der Waals surface area (Å²) in [6.07, 6.45) is 0.739. The zero-order valence-corrected chi connectivity index (χ0v) is 11.5. The molecule has 0 saturated heterocycles. The lowest BCUT2D eigenvalue weighted by molar-refractivity contribution is 0.152. The summed E-state index contributed by atoms with van der Waals surface area (Å²) < 4.78 is 10.2. The molecule has 0 fully saturated rings. The van der Waals surface area contributed by atoms with E-state index in [1.54, 1.807) is 13.0 Å². The van der Waals surface area contributed by atoms with Crippen LogP contribution in [0.4, 0.5) is 4.79 Å². The molecule has 0 atom stereocenters. The summed E-state index contributed by atoms with van der Waals surface area (Å²) in [6, 6.07) is 3.06. The van der Waals surface area contributed by atoms with Crippen LogP contribution in [-0.2, 0) is 4.74 Å². The van der Waals surface area contributed by atoms with E-state index in [1.807, 2.05) is 0 Å². The number of hydrazone groups is 1. The average Bonchev–Trinajstić information content (AvgIpc) is 2.33. The molecule has 0 saturated carbocycles. The summed E-state index contributed by atoms with van der Waals surface area (Å²) in [5, 5.41) is 13.3. The maximum absolute atomic E-state index is 11.0. The lowest BCUT2D eigenvalue weighted by atomic mass is 10.2. The van der Waals surface area contributed by atoms with Crippen molar-refractivity contribution in [3.63, 3.8) is 0 Å². The number of benzene rings is 1. The highest BCUT2D eigenvalue weighted by Gasteiger charge is 2.06. The van der Waals surface area contributed by atoms with Gasteiger partial charge in [0, 0.05) is 10.0 Å². The van der Waals surface area contributed by atoms with Gasteiger partial charge in [-0.25, -0.2) is 10.2 Å². The number of carbonyl (C=O) groups excluding carboxylic acids is 1. The molecule has 0 aliphatic rings. The summed E-state index contributed by atoms with van der Waals surface area (Å²) in [6.45, 7) is 1.97. The minimum Gasteiger partial charge on any atom is -0.504 e. The summed E-state index contributed by atoms with van der Waals surface area (Å²) in [5.74, 6) is 0.329. The number of ether oxygens (including phenoxy) is 2. The maximum atomic E-state index is 11.0. The first-order valence-electron chi connectivity index (χ1n) is 5.10. The molecule has 0 radical (unpaired) electrons. The molecule has 0 unspecified atom stereocenters. The molecule has 1 rings (SSSR count). The monoisotopic (exact) mass is 316 g/mol. The summed E-state index contributed by atoms with van der Waals surface area (Å²) in [4.78, 5) is 11.0. The van der Waals surface area contributed by atoms with Gasteiger partial charge < -0.3 is 14.6 Å². The Balaban J connectivity index is 2.76.